The number of hydrogen-bond acceptors (Lipinski definition) is 19. The van der Waals surface area contributed by atoms with Crippen LogP contribution in [0.2, 0.25) is 0 Å². The molecule has 4 aromatic rings. The first-order valence-corrected chi connectivity index (χ1v) is 17.7. The van der Waals surface area contributed by atoms with E-state index in [0.29, 0.717) is 36.9 Å². The van der Waals surface area contributed by atoms with E-state index in [2.05, 4.69) is 10.6 Å². The lowest BCUT2D eigenvalue weighted by atomic mass is 10.2. The quantitative estimate of drug-likeness (QED) is 0.0319. The first-order valence-electron chi connectivity index (χ1n) is 16.3. The monoisotopic (exact) mass is 803 g/mol. The van der Waals surface area contributed by atoms with Crippen LogP contribution in [0.15, 0.2) is 83.8 Å². The topological polar surface area (TPSA) is 341 Å². The number of nitrogens with one attached hydrogen (secondary N) is 2. The maximum absolute atomic E-state index is 11.6. The summed E-state index contributed by atoms with van der Waals surface area (Å²) in [7, 11) is -3.96. The molecule has 1 saturated heterocycles. The third-order valence-corrected chi connectivity index (χ3v) is 8.85. The van der Waals surface area contributed by atoms with Gasteiger partial charge < -0.3 is 51.6 Å². The summed E-state index contributed by atoms with van der Waals surface area (Å²) < 4.78 is 43.5. The van der Waals surface area contributed by atoms with Gasteiger partial charge >= 0.3 is 0 Å². The molecule has 0 saturated carbocycles. The predicted molar refractivity (Wildman–Crippen MR) is 199 cm³/mol. The standard InChI is InChI=1S/C9H10N2O4.C9H12N2O2.C9H9NO6S.C6H6N2O3/c12-4-6-5-15-9-3-7(11(13)14)1-2-8(9)10-6;10-6-1-2-8-9(3-6)13-5-7(4-12)11-8;11-10(12)7-2-1-3-9(4-7)17(13,14)16-6-8-5-15-8;7-5-2-1-4(8(10)11)3-6(5)9/h1-3,6,10,12H,4-5H2;1-3,7,11-12H,4-5,10H2;1-4,8H,5-6H2;1-3,9H,7H2/t6-;7-;8-;/m001./s1. The van der Waals surface area contributed by atoms with Crippen molar-refractivity contribution >= 4 is 49.9 Å². The van der Waals surface area contributed by atoms with Gasteiger partial charge in [-0.25, -0.2) is 0 Å². The van der Waals surface area contributed by atoms with E-state index in [9.17, 15) is 38.8 Å². The third-order valence-electron chi connectivity index (χ3n) is 7.58. The minimum absolute atomic E-state index is 0.00185. The normalized spacial score (nSPS) is 17.2. The fourth-order valence-electron chi connectivity index (χ4n) is 4.54. The summed E-state index contributed by atoms with van der Waals surface area (Å²) in [5.41, 5.74) is 12.7. The summed E-state index contributed by atoms with van der Waals surface area (Å²) >= 11 is 0. The summed E-state index contributed by atoms with van der Waals surface area (Å²) in [6.07, 6.45) is -0.191. The summed E-state index contributed by atoms with van der Waals surface area (Å²) in [6.45, 7) is 1.24. The van der Waals surface area contributed by atoms with Crippen LogP contribution in [0.5, 0.6) is 17.2 Å². The van der Waals surface area contributed by atoms with Gasteiger partial charge in [-0.05, 0) is 30.3 Å². The average molecular weight is 804 g/mol. The maximum Gasteiger partial charge on any atom is 0.297 e. The first kappa shape index (κ1) is 42.2. The van der Waals surface area contributed by atoms with Gasteiger partial charge in [0, 0.05) is 36.0 Å². The number of fused-ring (bicyclic) bond motifs is 2. The number of rotatable bonds is 9. The van der Waals surface area contributed by atoms with Crippen molar-refractivity contribution in [1.29, 1.82) is 0 Å². The Morgan fingerprint density at radius 3 is 1.79 bits per heavy atom. The zero-order valence-electron chi connectivity index (χ0n) is 29.1. The molecule has 0 aromatic heterocycles. The fourth-order valence-corrected chi connectivity index (χ4v) is 5.51. The summed E-state index contributed by atoms with van der Waals surface area (Å²) in [4.78, 5) is 29.2. The molecule has 0 radical (unpaired) electrons. The number of nitrogen functional groups attached to an aromatic ring is 2. The number of hydrogen-bond donors (Lipinski definition) is 7. The Labute approximate surface area is 317 Å². The lowest BCUT2D eigenvalue weighted by Crippen LogP contribution is -2.34. The number of nitro groups is 3. The predicted octanol–water partition coefficient (Wildman–Crippen LogP) is 2.78. The molecule has 0 spiro atoms. The Hall–Kier alpha value is -6.53. The molecular weight excluding hydrogens is 766 g/mol. The second-order valence-electron chi connectivity index (χ2n) is 11.8. The van der Waals surface area contributed by atoms with Crippen molar-refractivity contribution in [2.45, 2.75) is 23.1 Å². The van der Waals surface area contributed by atoms with E-state index in [0.717, 1.165) is 23.6 Å². The minimum atomic E-state index is -3.96. The maximum atomic E-state index is 11.6. The number of non-ortho nitro benzene ring substituents is 3. The molecule has 300 valence electrons. The number of aromatic hydroxyl groups is 1. The van der Waals surface area contributed by atoms with Crippen molar-refractivity contribution in [2.24, 2.45) is 0 Å². The highest BCUT2D eigenvalue weighted by molar-refractivity contribution is 7.86. The number of phenolic OH excluding ortho intramolecular Hbond substituents is 1. The molecule has 3 heterocycles. The van der Waals surface area contributed by atoms with Gasteiger partial charge in [0.2, 0.25) is 0 Å². The molecule has 0 amide bonds. The SMILES string of the molecule is Nc1ccc([N+](=O)[O-])cc1O.Nc1ccc2c(c1)OC[C@H](CO)N2.O=[N+]([O-])c1ccc2c(c1)OC[C@H](CO)N2.O=[N+]([O-])c1cccc(S(=O)(=O)OC[C@H]2CO2)c1. The molecule has 3 atom stereocenters. The second kappa shape index (κ2) is 19.2. The Balaban J connectivity index is 0.000000168. The van der Waals surface area contributed by atoms with E-state index in [-0.39, 0.29) is 71.4 Å². The van der Waals surface area contributed by atoms with Crippen LogP contribution in [0.3, 0.4) is 0 Å². The third kappa shape index (κ3) is 12.3. The lowest BCUT2D eigenvalue weighted by Gasteiger charge is -2.26. The van der Waals surface area contributed by atoms with Crippen LogP contribution < -0.4 is 31.6 Å². The van der Waals surface area contributed by atoms with Crippen molar-refractivity contribution in [3.8, 4) is 17.2 Å². The Morgan fingerprint density at radius 1 is 0.732 bits per heavy atom. The van der Waals surface area contributed by atoms with Crippen LogP contribution in [0.25, 0.3) is 0 Å². The van der Waals surface area contributed by atoms with Gasteiger partial charge in [0.1, 0.15) is 41.5 Å². The molecule has 9 N–H and O–H groups in total. The van der Waals surface area contributed by atoms with Gasteiger partial charge in [0.25, 0.3) is 27.2 Å². The lowest BCUT2D eigenvalue weighted by molar-refractivity contribution is -0.385. The number of aliphatic hydroxyl groups excluding tert-OH is 2. The van der Waals surface area contributed by atoms with Gasteiger partial charge in [-0.2, -0.15) is 8.42 Å². The molecule has 7 rings (SSSR count). The smallest absolute Gasteiger partial charge is 0.297 e. The molecule has 3 aliphatic rings. The number of epoxide rings is 1. The number of benzene rings is 4. The van der Waals surface area contributed by atoms with Crippen molar-refractivity contribution in [3.63, 3.8) is 0 Å². The number of aliphatic hydroxyl groups is 2. The minimum Gasteiger partial charge on any atom is -0.506 e. The van der Waals surface area contributed by atoms with E-state index in [1.807, 2.05) is 6.07 Å². The molecule has 56 heavy (non-hydrogen) atoms. The van der Waals surface area contributed by atoms with Crippen LogP contribution >= 0.6 is 0 Å². The highest BCUT2D eigenvalue weighted by atomic mass is 32.2. The first-order chi connectivity index (χ1) is 26.6. The second-order valence-corrected chi connectivity index (χ2v) is 13.4. The molecule has 0 aliphatic carbocycles. The molecule has 3 aliphatic heterocycles. The average Bonchev–Trinajstić information content (AvgIpc) is 4.03. The highest BCUT2D eigenvalue weighted by Crippen LogP contribution is 2.33. The van der Waals surface area contributed by atoms with E-state index in [1.165, 1.54) is 42.5 Å². The van der Waals surface area contributed by atoms with E-state index in [1.54, 1.807) is 18.2 Å². The molecule has 4 aromatic carbocycles. The van der Waals surface area contributed by atoms with Crippen LogP contribution in [-0.4, -0.2) is 96.3 Å². The zero-order valence-corrected chi connectivity index (χ0v) is 29.9. The van der Waals surface area contributed by atoms with Crippen LogP contribution in [-0.2, 0) is 19.0 Å². The molecular formula is C33H37N7O15S. The van der Waals surface area contributed by atoms with Gasteiger partial charge in [-0.1, -0.05) is 6.07 Å². The number of ether oxygens (including phenoxy) is 3. The highest BCUT2D eigenvalue weighted by Gasteiger charge is 2.27. The molecule has 22 nitrogen and oxygen atoms in total. The zero-order chi connectivity index (χ0) is 41.0. The van der Waals surface area contributed by atoms with Gasteiger partial charge in [0.05, 0.1) is 82.5 Å². The summed E-state index contributed by atoms with van der Waals surface area (Å²) in [5.74, 6) is 0.942. The van der Waals surface area contributed by atoms with Crippen LogP contribution in [0.4, 0.5) is 39.8 Å². The number of nitrogens with zero attached hydrogens (tertiary/aromatic N) is 3. The van der Waals surface area contributed by atoms with E-state index < -0.39 is 24.9 Å². The number of nitrogens with two attached hydrogens (primary N) is 2. The van der Waals surface area contributed by atoms with Gasteiger partial charge in [-0.3, -0.25) is 34.5 Å². The van der Waals surface area contributed by atoms with Gasteiger partial charge in [0.15, 0.2) is 0 Å². The summed E-state index contributed by atoms with van der Waals surface area (Å²) in [5, 5.41) is 64.0. The van der Waals surface area contributed by atoms with Gasteiger partial charge in [-0.15, -0.1) is 0 Å². The van der Waals surface area contributed by atoms with Crippen molar-refractivity contribution < 1.29 is 56.9 Å². The number of phenols is 1. The largest absolute Gasteiger partial charge is 0.506 e. The number of anilines is 4. The Kier molecular flexibility index (Phi) is 14.5. The molecule has 0 unspecified atom stereocenters. The Morgan fingerprint density at radius 2 is 1.25 bits per heavy atom. The van der Waals surface area contributed by atoms with E-state index in [4.69, 9.17) is 45.2 Å². The van der Waals surface area contributed by atoms with Crippen LogP contribution in [0.1, 0.15) is 0 Å². The molecule has 0 bridgehead atoms. The Bertz CT molecular complexity index is 2140. The molecule has 1 fully saturated rings. The number of nitro benzene ring substituents is 3. The van der Waals surface area contributed by atoms with Crippen molar-refractivity contribution in [2.75, 3.05) is 61.7 Å². The fraction of sp³-hybridized carbons (Fsp3) is 0.273. The van der Waals surface area contributed by atoms with Crippen LogP contribution in [0, 0.1) is 30.3 Å². The summed E-state index contributed by atoms with van der Waals surface area (Å²) in [6, 6.07) is 17.8. The van der Waals surface area contributed by atoms with Crippen molar-refractivity contribution in [1.82, 2.24) is 0 Å². The molecule has 23 heteroatoms. The van der Waals surface area contributed by atoms with Crippen molar-refractivity contribution in [3.05, 3.63) is 109 Å². The van der Waals surface area contributed by atoms with E-state index >= 15 is 0 Å².